The van der Waals surface area contributed by atoms with Gasteiger partial charge in [-0.1, -0.05) is 0 Å². The van der Waals surface area contributed by atoms with Crippen molar-refractivity contribution in [1.29, 1.82) is 0 Å². The maximum Gasteiger partial charge on any atom is 0.422 e. The van der Waals surface area contributed by atoms with Gasteiger partial charge in [0.2, 0.25) is 0 Å². The fourth-order valence-corrected chi connectivity index (χ4v) is 2.72. The molecule has 0 unspecified atom stereocenters. The van der Waals surface area contributed by atoms with Crippen LogP contribution in [0.1, 0.15) is 29.9 Å². The molecule has 33 heavy (non-hydrogen) atoms. The number of anilines is 1. The summed E-state index contributed by atoms with van der Waals surface area (Å²) in [5.74, 6) is -2.31. The van der Waals surface area contributed by atoms with E-state index in [9.17, 15) is 32.3 Å². The Hall–Kier alpha value is -3.80. The van der Waals surface area contributed by atoms with Crippen LogP contribution in [0.5, 0.6) is 5.75 Å². The number of alkyl halides is 3. The van der Waals surface area contributed by atoms with Crippen molar-refractivity contribution < 1.29 is 32.2 Å². The van der Waals surface area contributed by atoms with E-state index in [1.165, 1.54) is 32.2 Å². The first-order chi connectivity index (χ1) is 15.3. The Morgan fingerprint density at radius 3 is 2.52 bits per heavy atom. The Labute approximate surface area is 184 Å². The molecule has 0 atom stereocenters. The van der Waals surface area contributed by atoms with Crippen molar-refractivity contribution >= 4 is 11.6 Å². The molecule has 8 nitrogen and oxygen atoms in total. The lowest BCUT2D eigenvalue weighted by molar-refractivity contribution is -0.153. The summed E-state index contributed by atoms with van der Waals surface area (Å²) in [6, 6.07) is 6.68. The second-order valence-electron chi connectivity index (χ2n) is 7.42. The molecule has 1 amide bonds. The highest BCUT2D eigenvalue weighted by molar-refractivity contribution is 6.03. The normalized spacial score (nSPS) is 11.8. The highest BCUT2D eigenvalue weighted by atomic mass is 19.4. The molecule has 2 aromatic heterocycles. The van der Waals surface area contributed by atoms with Crippen molar-refractivity contribution in [3.8, 4) is 11.4 Å². The van der Waals surface area contributed by atoms with Crippen LogP contribution >= 0.6 is 0 Å². The summed E-state index contributed by atoms with van der Waals surface area (Å²) in [4.78, 5) is 29.5. The maximum atomic E-state index is 13.6. The molecule has 0 aliphatic rings. The minimum Gasteiger partial charge on any atom is -0.482 e. The van der Waals surface area contributed by atoms with E-state index in [0.29, 0.717) is 16.4 Å². The molecule has 0 fully saturated rings. The summed E-state index contributed by atoms with van der Waals surface area (Å²) < 4.78 is 56.5. The first-order valence-electron chi connectivity index (χ1n) is 9.43. The molecular formula is C21H18F4N4O4. The zero-order valence-electron chi connectivity index (χ0n) is 17.4. The molecule has 0 aliphatic heterocycles. The van der Waals surface area contributed by atoms with Gasteiger partial charge in [0.05, 0.1) is 17.6 Å². The largest absolute Gasteiger partial charge is 0.482 e. The third-order valence-electron chi connectivity index (χ3n) is 4.28. The van der Waals surface area contributed by atoms with Crippen LogP contribution in [0.2, 0.25) is 0 Å². The SMILES string of the molecule is CC(C)(O)c1ccc(NC(=O)c2ccnn(-c3ccc(F)cc3OCC(F)(F)F)c2=O)cn1. The molecule has 1 aromatic carbocycles. The lowest BCUT2D eigenvalue weighted by Gasteiger charge is -2.16. The van der Waals surface area contributed by atoms with Gasteiger partial charge < -0.3 is 15.2 Å². The summed E-state index contributed by atoms with van der Waals surface area (Å²) in [5.41, 5.74) is -2.25. The molecule has 3 aromatic rings. The molecule has 0 saturated carbocycles. The van der Waals surface area contributed by atoms with Crippen LogP contribution in [0, 0.1) is 5.82 Å². The first-order valence-corrected chi connectivity index (χ1v) is 9.43. The number of halogens is 4. The smallest absolute Gasteiger partial charge is 0.422 e. The molecule has 0 radical (unpaired) electrons. The van der Waals surface area contributed by atoms with Crippen LogP contribution in [0.3, 0.4) is 0 Å². The topological polar surface area (TPSA) is 106 Å². The molecule has 0 spiro atoms. The van der Waals surface area contributed by atoms with E-state index in [-0.39, 0.29) is 16.9 Å². The number of nitrogens with zero attached hydrogens (tertiary/aromatic N) is 3. The quantitative estimate of drug-likeness (QED) is 0.541. The van der Waals surface area contributed by atoms with Gasteiger partial charge in [0, 0.05) is 12.3 Å². The number of hydrogen-bond acceptors (Lipinski definition) is 6. The number of nitrogens with one attached hydrogen (secondary N) is 1. The van der Waals surface area contributed by atoms with Crippen LogP contribution in [-0.4, -0.2) is 38.6 Å². The zero-order chi connectivity index (χ0) is 24.4. The molecule has 0 aliphatic carbocycles. The molecule has 2 N–H and O–H groups in total. The Balaban J connectivity index is 1.91. The minimum absolute atomic E-state index is 0.228. The van der Waals surface area contributed by atoms with Gasteiger partial charge in [0.25, 0.3) is 11.5 Å². The van der Waals surface area contributed by atoms with Crippen molar-refractivity contribution in [3.05, 3.63) is 76.2 Å². The van der Waals surface area contributed by atoms with E-state index in [4.69, 9.17) is 0 Å². The Morgan fingerprint density at radius 2 is 1.91 bits per heavy atom. The highest BCUT2D eigenvalue weighted by Crippen LogP contribution is 2.25. The third-order valence-corrected chi connectivity index (χ3v) is 4.28. The van der Waals surface area contributed by atoms with Crippen LogP contribution in [0.15, 0.2) is 53.6 Å². The molecule has 3 rings (SSSR count). The number of benzene rings is 1. The van der Waals surface area contributed by atoms with Gasteiger partial charge in [-0.15, -0.1) is 0 Å². The van der Waals surface area contributed by atoms with Crippen LogP contribution < -0.4 is 15.6 Å². The van der Waals surface area contributed by atoms with Crippen molar-refractivity contribution in [2.24, 2.45) is 0 Å². The Kier molecular flexibility index (Phi) is 6.49. The number of aliphatic hydroxyl groups is 1. The van der Waals surface area contributed by atoms with Crippen molar-refractivity contribution in [1.82, 2.24) is 14.8 Å². The van der Waals surface area contributed by atoms with E-state index in [1.54, 1.807) is 0 Å². The lowest BCUT2D eigenvalue weighted by Crippen LogP contribution is -2.30. The molecule has 2 heterocycles. The summed E-state index contributed by atoms with van der Waals surface area (Å²) in [7, 11) is 0. The van der Waals surface area contributed by atoms with Crippen molar-refractivity contribution in [2.75, 3.05) is 11.9 Å². The average molecular weight is 466 g/mol. The average Bonchev–Trinajstić information content (AvgIpc) is 2.72. The van der Waals surface area contributed by atoms with Crippen molar-refractivity contribution in [2.45, 2.75) is 25.6 Å². The predicted octanol–water partition coefficient (Wildman–Crippen LogP) is 3.19. The van der Waals surface area contributed by atoms with Gasteiger partial charge in [0.1, 0.15) is 28.4 Å². The van der Waals surface area contributed by atoms with Crippen LogP contribution in [-0.2, 0) is 5.60 Å². The van der Waals surface area contributed by atoms with Gasteiger partial charge >= 0.3 is 6.18 Å². The second kappa shape index (κ2) is 8.98. The maximum absolute atomic E-state index is 13.6. The molecule has 12 heteroatoms. The Morgan fingerprint density at radius 1 is 1.18 bits per heavy atom. The van der Waals surface area contributed by atoms with E-state index in [1.807, 2.05) is 0 Å². The zero-order valence-corrected chi connectivity index (χ0v) is 17.4. The van der Waals surface area contributed by atoms with Gasteiger partial charge in [0.15, 0.2) is 6.61 Å². The molecular weight excluding hydrogens is 448 g/mol. The molecule has 0 bridgehead atoms. The van der Waals surface area contributed by atoms with Gasteiger partial charge in [-0.2, -0.15) is 23.0 Å². The monoisotopic (exact) mass is 466 g/mol. The van der Waals surface area contributed by atoms with E-state index in [0.717, 1.165) is 24.4 Å². The summed E-state index contributed by atoms with van der Waals surface area (Å²) in [5, 5.41) is 16.2. The second-order valence-corrected chi connectivity index (χ2v) is 7.42. The lowest BCUT2D eigenvalue weighted by atomic mass is 10.1. The fraction of sp³-hybridized carbons (Fsp3) is 0.238. The highest BCUT2D eigenvalue weighted by Gasteiger charge is 2.29. The summed E-state index contributed by atoms with van der Waals surface area (Å²) >= 11 is 0. The summed E-state index contributed by atoms with van der Waals surface area (Å²) in [6.07, 6.45) is -2.32. The number of pyridine rings is 1. The number of carbonyl (C=O) groups is 1. The van der Waals surface area contributed by atoms with E-state index in [2.05, 4.69) is 20.1 Å². The van der Waals surface area contributed by atoms with Gasteiger partial charge in [-0.25, -0.2) is 4.39 Å². The number of ether oxygens (including phenoxy) is 1. The molecule has 0 saturated heterocycles. The standard InChI is InChI=1S/C21H18F4N4O4/c1-20(2,32)17-6-4-13(10-26-17)28-18(30)14-7-8-27-29(19(14)31)15-5-3-12(22)9-16(15)33-11-21(23,24)25/h3-10,32H,11H2,1-2H3,(H,28,30). The number of amides is 1. The van der Waals surface area contributed by atoms with E-state index >= 15 is 0 Å². The van der Waals surface area contributed by atoms with Crippen molar-refractivity contribution in [3.63, 3.8) is 0 Å². The Bertz CT molecular complexity index is 1220. The number of hydrogen-bond donors (Lipinski definition) is 2. The summed E-state index contributed by atoms with van der Waals surface area (Å²) in [6.45, 7) is 1.36. The number of carbonyl (C=O) groups excluding carboxylic acids is 1. The van der Waals surface area contributed by atoms with E-state index < -0.39 is 41.4 Å². The predicted molar refractivity (Wildman–Crippen MR) is 109 cm³/mol. The molecule has 174 valence electrons. The number of aromatic nitrogens is 3. The van der Waals surface area contributed by atoms with Gasteiger partial charge in [-0.05, 0) is 44.2 Å². The fourth-order valence-electron chi connectivity index (χ4n) is 2.72. The number of rotatable bonds is 6. The minimum atomic E-state index is -4.70. The van der Waals surface area contributed by atoms with Crippen LogP contribution in [0.25, 0.3) is 5.69 Å². The third kappa shape index (κ3) is 5.92. The first kappa shape index (κ1) is 23.9. The van der Waals surface area contributed by atoms with Gasteiger partial charge in [-0.3, -0.25) is 14.6 Å². The van der Waals surface area contributed by atoms with Crippen LogP contribution in [0.4, 0.5) is 23.2 Å².